The summed E-state index contributed by atoms with van der Waals surface area (Å²) in [5, 5.41) is 32.0. The molecule has 2 saturated carbocycles. The third kappa shape index (κ3) is 12.4. The molecule has 7 N–H and O–H groups in total. The van der Waals surface area contributed by atoms with E-state index < -0.39 is 89.0 Å². The van der Waals surface area contributed by atoms with Gasteiger partial charge in [0.2, 0.25) is 15.9 Å². The van der Waals surface area contributed by atoms with Crippen molar-refractivity contribution < 1.29 is 50.8 Å². The molecule has 5 atom stereocenters. The van der Waals surface area contributed by atoms with Crippen LogP contribution < -0.4 is 30.7 Å². The van der Waals surface area contributed by atoms with E-state index in [9.17, 15) is 51.2 Å². The molecule has 19 nitrogen and oxygen atoms in total. The zero-order valence-corrected chi connectivity index (χ0v) is 35.2. The predicted molar refractivity (Wildman–Crippen MR) is 221 cm³/mol. The average molecular weight is 898 g/mol. The van der Waals surface area contributed by atoms with Crippen LogP contribution in [-0.4, -0.2) is 93.6 Å². The number of nitro groups is 1. The van der Waals surface area contributed by atoms with E-state index >= 15 is 0 Å². The van der Waals surface area contributed by atoms with E-state index in [1.54, 1.807) is 12.1 Å². The normalized spacial score (nSPS) is 21.8. The quantitative estimate of drug-likeness (QED) is 0.0386. The lowest BCUT2D eigenvalue weighted by atomic mass is 10.1. The first kappa shape index (κ1) is 47.8. The van der Waals surface area contributed by atoms with Crippen molar-refractivity contribution in [2.45, 2.75) is 117 Å². The Morgan fingerprint density at radius 3 is 2.28 bits per heavy atom. The third-order valence-corrected chi connectivity index (χ3v) is 13.7. The number of para-hydroxylation sites is 2. The number of nitrogens with one attached hydrogen (secondary N) is 6. The number of benzene rings is 2. The van der Waals surface area contributed by atoms with Crippen molar-refractivity contribution in [3.05, 3.63) is 71.3 Å². The molecule has 330 valence electrons. The zero-order chi connectivity index (χ0) is 42.8. The van der Waals surface area contributed by atoms with Gasteiger partial charge in [-0.3, -0.25) is 19.7 Å². The minimum absolute atomic E-state index is 0. The van der Waals surface area contributed by atoms with Crippen LogP contribution in [0.2, 0.25) is 0 Å². The minimum atomic E-state index is -4.45. The van der Waals surface area contributed by atoms with E-state index in [0.717, 1.165) is 57.1 Å². The molecule has 5 rings (SSSR count). The van der Waals surface area contributed by atoms with Crippen LogP contribution in [0.1, 0.15) is 77.0 Å². The van der Waals surface area contributed by atoms with Crippen LogP contribution in [0.25, 0.3) is 0 Å². The molecule has 2 aliphatic carbocycles. The number of nitro benzene ring substituents is 1. The number of amides is 3. The van der Waals surface area contributed by atoms with Crippen molar-refractivity contribution in [3.63, 3.8) is 0 Å². The van der Waals surface area contributed by atoms with Gasteiger partial charge in [-0.05, 0) is 69.6 Å². The van der Waals surface area contributed by atoms with E-state index in [-0.39, 0.29) is 54.9 Å². The van der Waals surface area contributed by atoms with E-state index in [2.05, 4.69) is 37.3 Å². The maximum absolute atomic E-state index is 13.6. The first-order valence-electron chi connectivity index (χ1n) is 19.6. The molecule has 1 aliphatic heterocycles. The highest BCUT2D eigenvalue weighted by Gasteiger charge is 2.61. The Labute approximate surface area is 354 Å². The van der Waals surface area contributed by atoms with E-state index in [1.165, 1.54) is 30.3 Å². The average Bonchev–Trinajstić information content (AvgIpc) is 3.44. The number of alkyl carbamates (subject to hydrolysis) is 1. The van der Waals surface area contributed by atoms with Crippen LogP contribution in [0.5, 0.6) is 0 Å². The lowest BCUT2D eigenvalue weighted by Crippen LogP contribution is -2.55. The number of unbranched alkanes of at least 4 members (excludes halogenated alkanes) is 4. The van der Waals surface area contributed by atoms with Gasteiger partial charge in [0, 0.05) is 31.1 Å². The SMILES string of the molecule is C=C[C@@H]1C[C@]1(NC(=O)[C@@H]1C[C@@H](NS(=O)(=O)c2ccccc2[N+](=O)[O-])CN1)C(=O)NS(=O)(=O)c1ccccc1NCCCCCCC[C@H](NC(=O)OC1CCCC1)C(=O)O.Cl. The highest BCUT2D eigenvalue weighted by Crippen LogP contribution is 2.45. The van der Waals surface area contributed by atoms with Gasteiger partial charge in [-0.15, -0.1) is 19.0 Å². The Morgan fingerprint density at radius 2 is 1.62 bits per heavy atom. The maximum atomic E-state index is 13.6. The molecule has 0 aromatic heterocycles. The van der Waals surface area contributed by atoms with Crippen molar-refractivity contribution in [1.82, 2.24) is 25.4 Å². The van der Waals surface area contributed by atoms with Gasteiger partial charge in [0.25, 0.3) is 21.6 Å². The second-order valence-corrected chi connectivity index (χ2v) is 18.3. The number of ether oxygens (including phenoxy) is 1. The first-order chi connectivity index (χ1) is 28.1. The summed E-state index contributed by atoms with van der Waals surface area (Å²) in [6, 6.07) is 8.07. The number of carbonyl (C=O) groups is 4. The molecule has 3 amide bonds. The summed E-state index contributed by atoms with van der Waals surface area (Å²) in [7, 11) is -8.78. The molecule has 3 aliphatic rings. The van der Waals surface area contributed by atoms with Crippen molar-refractivity contribution in [2.75, 3.05) is 18.4 Å². The summed E-state index contributed by atoms with van der Waals surface area (Å²) in [6.45, 7) is 4.11. The van der Waals surface area contributed by atoms with Gasteiger partial charge in [0.1, 0.15) is 22.6 Å². The minimum Gasteiger partial charge on any atom is -0.480 e. The summed E-state index contributed by atoms with van der Waals surface area (Å²) in [5.74, 6) is -3.35. The Hall–Kier alpha value is -4.83. The number of nitrogens with zero attached hydrogens (tertiary/aromatic N) is 1. The highest BCUT2D eigenvalue weighted by atomic mass is 35.5. The molecule has 3 fully saturated rings. The number of aliphatic carboxylic acids is 1. The van der Waals surface area contributed by atoms with Gasteiger partial charge >= 0.3 is 12.1 Å². The van der Waals surface area contributed by atoms with Gasteiger partial charge < -0.3 is 31.1 Å². The monoisotopic (exact) mass is 897 g/mol. The third-order valence-electron chi connectivity index (χ3n) is 10.7. The number of carboxylic acids is 1. The number of halogens is 1. The first-order valence-corrected chi connectivity index (χ1v) is 22.6. The van der Waals surface area contributed by atoms with Gasteiger partial charge in [-0.25, -0.2) is 35.9 Å². The molecule has 1 saturated heterocycles. The number of carbonyl (C=O) groups excluding carboxylic acids is 3. The van der Waals surface area contributed by atoms with Crippen LogP contribution in [-0.2, 0) is 39.2 Å². The topological polar surface area (TPSA) is 281 Å². The molecule has 2 aromatic carbocycles. The Bertz CT molecular complexity index is 2120. The molecule has 0 radical (unpaired) electrons. The van der Waals surface area contributed by atoms with Gasteiger partial charge in [-0.2, -0.15) is 0 Å². The molecule has 22 heteroatoms. The molecular formula is C38H52ClN7O12S2. The molecular weight excluding hydrogens is 846 g/mol. The van der Waals surface area contributed by atoms with Crippen LogP contribution in [0.15, 0.2) is 71.0 Å². The maximum Gasteiger partial charge on any atom is 0.408 e. The fourth-order valence-corrected chi connectivity index (χ4v) is 10.1. The Kier molecular flexibility index (Phi) is 16.8. The standard InChI is InChI=1S/C38H51N7O12S2.ClH/c1-2-25-23-38(25,42-34(46)30-22-26(24-40-30)43-59(55,56)33-20-12-10-18-31(33)45(51)52)36(49)44-58(53,54)32-19-11-9-16-28(32)39-21-13-5-3-4-6-17-29(35(47)48)41-37(50)57-27-14-7-8-15-27;/h2,9-12,16,18-20,25-27,29-30,39-40,43H,1,3-8,13-15,17,21-24H2,(H,41,50)(H,42,46)(H,44,49)(H,47,48);1H/t25-,26-,29+,30+,38-;/m1./s1. The van der Waals surface area contributed by atoms with E-state index in [0.29, 0.717) is 19.4 Å². The Morgan fingerprint density at radius 1 is 0.967 bits per heavy atom. The van der Waals surface area contributed by atoms with Crippen molar-refractivity contribution >= 4 is 67.7 Å². The highest BCUT2D eigenvalue weighted by molar-refractivity contribution is 7.90. The number of rotatable bonds is 22. The van der Waals surface area contributed by atoms with Crippen LogP contribution in [0, 0.1) is 16.0 Å². The molecule has 0 unspecified atom stereocenters. The lowest BCUT2D eigenvalue weighted by molar-refractivity contribution is -0.387. The fraction of sp³-hybridized carbons (Fsp3) is 0.526. The zero-order valence-electron chi connectivity index (χ0n) is 32.8. The van der Waals surface area contributed by atoms with Crippen molar-refractivity contribution in [2.24, 2.45) is 5.92 Å². The molecule has 0 spiro atoms. The number of anilines is 1. The number of carboxylic acid groups (broad SMARTS) is 1. The smallest absolute Gasteiger partial charge is 0.408 e. The summed E-state index contributed by atoms with van der Waals surface area (Å²) >= 11 is 0. The van der Waals surface area contributed by atoms with Gasteiger partial charge in [0.15, 0.2) is 4.90 Å². The number of sulfonamides is 2. The molecule has 0 bridgehead atoms. The van der Waals surface area contributed by atoms with Crippen LogP contribution in [0.4, 0.5) is 16.2 Å². The van der Waals surface area contributed by atoms with Crippen LogP contribution in [0.3, 0.4) is 0 Å². The largest absolute Gasteiger partial charge is 0.480 e. The lowest BCUT2D eigenvalue weighted by Gasteiger charge is -2.21. The molecule has 60 heavy (non-hydrogen) atoms. The number of hydrogen-bond donors (Lipinski definition) is 7. The van der Waals surface area contributed by atoms with E-state index in [4.69, 9.17) is 4.74 Å². The second kappa shape index (κ2) is 21.1. The molecule has 2 aromatic rings. The van der Waals surface area contributed by atoms with Crippen LogP contribution >= 0.6 is 12.4 Å². The predicted octanol–water partition coefficient (Wildman–Crippen LogP) is 3.47. The van der Waals surface area contributed by atoms with Crippen molar-refractivity contribution in [1.29, 1.82) is 0 Å². The van der Waals surface area contributed by atoms with Crippen molar-refractivity contribution in [3.8, 4) is 0 Å². The van der Waals surface area contributed by atoms with Gasteiger partial charge in [0.05, 0.1) is 16.7 Å². The molecule has 1 heterocycles. The van der Waals surface area contributed by atoms with E-state index in [1.807, 2.05) is 0 Å². The summed E-state index contributed by atoms with van der Waals surface area (Å²) in [5.41, 5.74) is -1.97. The second-order valence-electron chi connectivity index (χ2n) is 15.0. The summed E-state index contributed by atoms with van der Waals surface area (Å²) < 4.78 is 63.0. The summed E-state index contributed by atoms with van der Waals surface area (Å²) in [6.07, 6.45) is 7.87. The number of hydrogen-bond acceptors (Lipinski definition) is 13. The van der Waals surface area contributed by atoms with Gasteiger partial charge in [-0.1, -0.05) is 56.0 Å². The fourth-order valence-electron chi connectivity index (χ4n) is 7.42. The summed E-state index contributed by atoms with van der Waals surface area (Å²) in [4.78, 5) is 60.7. The Balaban J connectivity index is 0.00000794.